The Morgan fingerprint density at radius 2 is 1.89 bits per heavy atom. The molecule has 1 saturated heterocycles. The zero-order valence-corrected chi connectivity index (χ0v) is 15.7. The number of piperazine rings is 1. The number of rotatable bonds is 4. The molecule has 0 bridgehead atoms. The first-order valence-electron chi connectivity index (χ1n) is 8.67. The molecule has 2 aromatic heterocycles. The van der Waals surface area contributed by atoms with Crippen LogP contribution in [0.4, 0.5) is 5.69 Å². The van der Waals surface area contributed by atoms with Gasteiger partial charge in [-0.3, -0.25) is 4.79 Å². The number of aliphatic carboxylic acids is 1. The summed E-state index contributed by atoms with van der Waals surface area (Å²) in [5, 5.41) is 10.1. The molecule has 27 heavy (non-hydrogen) atoms. The Balaban J connectivity index is 0.00000210. The summed E-state index contributed by atoms with van der Waals surface area (Å²) in [6.07, 6.45) is 5.09. The van der Waals surface area contributed by atoms with Crippen molar-refractivity contribution < 1.29 is 9.90 Å². The van der Waals surface area contributed by atoms with Gasteiger partial charge in [0.05, 0.1) is 0 Å². The smallest absolute Gasteiger partial charge is 0.323 e. The van der Waals surface area contributed by atoms with E-state index in [4.69, 9.17) is 0 Å². The van der Waals surface area contributed by atoms with Crippen molar-refractivity contribution in [3.05, 3.63) is 43.0 Å². The van der Waals surface area contributed by atoms with Crippen molar-refractivity contribution in [1.29, 1.82) is 0 Å². The molecule has 7 nitrogen and oxygen atoms in total. The van der Waals surface area contributed by atoms with E-state index < -0.39 is 5.97 Å². The number of aromatic nitrogens is 3. The molecule has 1 fully saturated rings. The van der Waals surface area contributed by atoms with Gasteiger partial charge in [-0.05, 0) is 13.1 Å². The average molecular weight is 358 g/mol. The van der Waals surface area contributed by atoms with Crippen LogP contribution < -0.4 is 4.90 Å². The quantitative estimate of drug-likeness (QED) is 0.714. The van der Waals surface area contributed by atoms with Crippen molar-refractivity contribution in [3.63, 3.8) is 0 Å². The minimum Gasteiger partial charge on any atom is -0.480 e. The molecular weight excluding hydrogens is 337 g/mol. The van der Waals surface area contributed by atoms with Gasteiger partial charge in [0.15, 0.2) is 0 Å². The molecule has 1 N–H and O–H groups in total. The van der Waals surface area contributed by atoms with Crippen LogP contribution in [-0.2, 0) is 11.3 Å². The number of likely N-dealkylation sites (N-methyl/N-ethyl adjacent to an activating group) is 1. The third-order valence-electron chi connectivity index (χ3n) is 4.88. The van der Waals surface area contributed by atoms with Gasteiger partial charge in [0.2, 0.25) is 0 Å². The number of nitrogens with zero attached hydrogens (tertiary/aromatic N) is 5. The molecule has 0 saturated carbocycles. The topological polar surface area (TPSA) is 74.5 Å². The van der Waals surface area contributed by atoms with Crippen molar-refractivity contribution in [2.45, 2.75) is 6.54 Å². The van der Waals surface area contributed by atoms with Gasteiger partial charge in [-0.25, -0.2) is 9.97 Å². The molecule has 4 rings (SSSR count). The SMILES string of the molecule is CN1CCN(c2ccccc2-c2cn(CC(=O)O)c3ncncc23)CC1.[Li]. The molecule has 3 aromatic rings. The summed E-state index contributed by atoms with van der Waals surface area (Å²) >= 11 is 0. The Kier molecular flexibility index (Phi) is 5.85. The molecule has 1 aliphatic rings. The molecular formula is C19H21LiN5O2. The van der Waals surface area contributed by atoms with Crippen molar-refractivity contribution >= 4 is 41.6 Å². The van der Waals surface area contributed by atoms with Crippen molar-refractivity contribution in [2.24, 2.45) is 0 Å². The van der Waals surface area contributed by atoms with Crippen molar-refractivity contribution in [3.8, 4) is 11.1 Å². The Hall–Kier alpha value is -2.33. The molecule has 1 radical (unpaired) electrons. The van der Waals surface area contributed by atoms with E-state index in [1.807, 2.05) is 18.3 Å². The van der Waals surface area contributed by atoms with Crippen molar-refractivity contribution in [1.82, 2.24) is 19.4 Å². The molecule has 0 spiro atoms. The first-order valence-corrected chi connectivity index (χ1v) is 8.67. The summed E-state index contributed by atoms with van der Waals surface area (Å²) < 4.78 is 1.68. The second-order valence-electron chi connectivity index (χ2n) is 6.63. The van der Waals surface area contributed by atoms with Gasteiger partial charge in [0, 0.05) is 79.6 Å². The summed E-state index contributed by atoms with van der Waals surface area (Å²) in [6, 6.07) is 8.27. The van der Waals surface area contributed by atoms with Crippen LogP contribution in [0, 0.1) is 0 Å². The molecule has 3 heterocycles. The summed E-state index contributed by atoms with van der Waals surface area (Å²) in [6.45, 7) is 3.87. The molecule has 1 aromatic carbocycles. The number of anilines is 1. The normalized spacial score (nSPS) is 14.9. The maximum Gasteiger partial charge on any atom is 0.323 e. The van der Waals surface area contributed by atoms with Gasteiger partial charge >= 0.3 is 5.97 Å². The maximum atomic E-state index is 11.2. The number of carbonyl (C=O) groups is 1. The first-order chi connectivity index (χ1) is 12.6. The molecule has 0 amide bonds. The van der Waals surface area contributed by atoms with Crippen LogP contribution in [0.15, 0.2) is 43.0 Å². The number of fused-ring (bicyclic) bond motifs is 1. The molecule has 1 aliphatic heterocycles. The molecule has 0 unspecified atom stereocenters. The second kappa shape index (κ2) is 8.13. The van der Waals surface area contributed by atoms with E-state index in [0.717, 1.165) is 42.7 Å². The molecule has 135 valence electrons. The molecule has 0 atom stereocenters. The predicted molar refractivity (Wildman–Crippen MR) is 106 cm³/mol. The van der Waals surface area contributed by atoms with Crippen LogP contribution in [0.2, 0.25) is 0 Å². The fourth-order valence-electron chi connectivity index (χ4n) is 3.53. The van der Waals surface area contributed by atoms with E-state index in [0.29, 0.717) is 5.65 Å². The maximum absolute atomic E-state index is 11.2. The third kappa shape index (κ3) is 3.86. The number of benzene rings is 1. The van der Waals surface area contributed by atoms with Crippen LogP contribution in [0.1, 0.15) is 0 Å². The number of carboxylic acid groups (broad SMARTS) is 1. The summed E-state index contributed by atoms with van der Waals surface area (Å²) in [5.41, 5.74) is 3.86. The van der Waals surface area contributed by atoms with Gasteiger partial charge in [-0.15, -0.1) is 0 Å². The van der Waals surface area contributed by atoms with E-state index in [2.05, 4.69) is 38.9 Å². The molecule has 0 aliphatic carbocycles. The van der Waals surface area contributed by atoms with E-state index in [1.165, 1.54) is 12.0 Å². The fraction of sp³-hybridized carbons (Fsp3) is 0.316. The van der Waals surface area contributed by atoms with Crippen LogP contribution in [0.5, 0.6) is 0 Å². The van der Waals surface area contributed by atoms with Crippen LogP contribution in [-0.4, -0.2) is 82.6 Å². The number of carboxylic acids is 1. The average Bonchev–Trinajstić information content (AvgIpc) is 3.00. The number of para-hydroxylation sites is 1. The van der Waals surface area contributed by atoms with Crippen molar-refractivity contribution in [2.75, 3.05) is 38.1 Å². The van der Waals surface area contributed by atoms with E-state index in [1.54, 1.807) is 10.8 Å². The van der Waals surface area contributed by atoms with Crippen LogP contribution >= 0.6 is 0 Å². The van der Waals surface area contributed by atoms with Crippen LogP contribution in [0.3, 0.4) is 0 Å². The predicted octanol–water partition coefficient (Wildman–Crippen LogP) is 1.55. The Morgan fingerprint density at radius 3 is 2.63 bits per heavy atom. The third-order valence-corrected chi connectivity index (χ3v) is 4.88. The zero-order valence-electron chi connectivity index (χ0n) is 15.7. The van der Waals surface area contributed by atoms with E-state index >= 15 is 0 Å². The minimum absolute atomic E-state index is 0. The standard InChI is InChI=1S/C19H21N5O2.Li/c1-22-6-8-23(9-7-22)17-5-3-2-4-14(17)16-11-24(12-18(25)26)19-15(16)10-20-13-21-19;/h2-5,10-11,13H,6-9,12H2,1H3,(H,25,26);. The summed E-state index contributed by atoms with van der Waals surface area (Å²) in [4.78, 5) is 24.4. The number of hydrogen-bond donors (Lipinski definition) is 1. The van der Waals surface area contributed by atoms with Gasteiger partial charge < -0.3 is 19.5 Å². The largest absolute Gasteiger partial charge is 0.480 e. The van der Waals surface area contributed by atoms with Crippen LogP contribution in [0.25, 0.3) is 22.2 Å². The Labute approximate surface area is 169 Å². The van der Waals surface area contributed by atoms with Gasteiger partial charge in [-0.1, -0.05) is 18.2 Å². The van der Waals surface area contributed by atoms with Gasteiger partial charge in [0.25, 0.3) is 0 Å². The van der Waals surface area contributed by atoms with E-state index in [-0.39, 0.29) is 25.4 Å². The fourth-order valence-corrected chi connectivity index (χ4v) is 3.53. The first kappa shape index (κ1) is 19.4. The molecule has 8 heteroatoms. The summed E-state index contributed by atoms with van der Waals surface area (Å²) in [5.74, 6) is -0.889. The Morgan fingerprint density at radius 1 is 1.15 bits per heavy atom. The minimum atomic E-state index is -0.889. The van der Waals surface area contributed by atoms with Gasteiger partial charge in [0.1, 0.15) is 18.5 Å². The number of hydrogen-bond acceptors (Lipinski definition) is 5. The van der Waals surface area contributed by atoms with Gasteiger partial charge in [-0.2, -0.15) is 0 Å². The summed E-state index contributed by atoms with van der Waals surface area (Å²) in [7, 11) is 2.14. The van der Waals surface area contributed by atoms with E-state index in [9.17, 15) is 9.90 Å². The zero-order chi connectivity index (χ0) is 18.1. The Bertz CT molecular complexity index is 950. The second-order valence-corrected chi connectivity index (χ2v) is 6.63. The monoisotopic (exact) mass is 358 g/mol.